The van der Waals surface area contributed by atoms with E-state index in [4.69, 9.17) is 15.0 Å². The highest BCUT2D eigenvalue weighted by Gasteiger charge is 2.44. The maximum atomic E-state index is 5.12. The molecule has 6 heteroatoms. The quantitative estimate of drug-likeness (QED) is 0.0958. The first kappa shape index (κ1) is 43.2. The minimum Gasteiger partial charge on any atom is -0.375 e. The van der Waals surface area contributed by atoms with Crippen LogP contribution in [0, 0.1) is 6.92 Å². The maximum absolute atomic E-state index is 5.12. The van der Waals surface area contributed by atoms with Crippen LogP contribution in [0.4, 0.5) is 17.1 Å². The molecule has 4 heterocycles. The largest absolute Gasteiger partial charge is 0.375 e. The van der Waals surface area contributed by atoms with Crippen LogP contribution in [-0.4, -0.2) is 26.3 Å². The van der Waals surface area contributed by atoms with Gasteiger partial charge in [-0.3, -0.25) is 0 Å². The van der Waals surface area contributed by atoms with Crippen LogP contribution >= 0.6 is 0 Å². The highest BCUT2D eigenvalue weighted by molar-refractivity contribution is 6.89. The van der Waals surface area contributed by atoms with E-state index < -0.39 is 0 Å². The van der Waals surface area contributed by atoms with Gasteiger partial charge in [-0.25, -0.2) is 15.0 Å². The number of aromatic nitrogens is 4. The predicted molar refractivity (Wildman–Crippen MR) is 301 cm³/mol. The first-order chi connectivity index (χ1) is 35.0. The van der Waals surface area contributed by atoms with Gasteiger partial charge in [-0.05, 0) is 112 Å². The molecule has 0 aliphatic carbocycles. The van der Waals surface area contributed by atoms with Gasteiger partial charge in [0.05, 0.1) is 0 Å². The van der Waals surface area contributed by atoms with Crippen molar-refractivity contribution in [3.63, 3.8) is 0 Å². The van der Waals surface area contributed by atoms with Crippen LogP contribution in [0.5, 0.6) is 0 Å². The molecule has 8 aromatic carbocycles. The summed E-state index contributed by atoms with van der Waals surface area (Å²) in [6.45, 7) is 16.7. The Morgan fingerprint density at radius 2 is 1.17 bits per heavy atom. The van der Waals surface area contributed by atoms with Crippen molar-refractivity contribution in [3.05, 3.63) is 249 Å². The van der Waals surface area contributed by atoms with E-state index >= 15 is 0 Å². The van der Waals surface area contributed by atoms with E-state index in [1.165, 1.54) is 44.1 Å². The zero-order valence-corrected chi connectivity index (χ0v) is 39.7. The smallest absolute Gasteiger partial charge is 0.333 e. The van der Waals surface area contributed by atoms with Crippen LogP contribution in [0.25, 0.3) is 95.9 Å². The molecule has 0 atom stereocenters. The minimum atomic E-state index is -0.135. The molecular formula is C65H48BN5. The van der Waals surface area contributed by atoms with E-state index in [-0.39, 0.29) is 6.85 Å². The van der Waals surface area contributed by atoms with Gasteiger partial charge in [0.2, 0.25) is 0 Å². The van der Waals surface area contributed by atoms with Crippen LogP contribution in [0.2, 0.25) is 0 Å². The third-order valence-electron chi connectivity index (χ3n) is 14.0. The van der Waals surface area contributed by atoms with E-state index in [0.717, 1.165) is 72.8 Å². The molecule has 0 amide bonds. The second kappa shape index (κ2) is 17.8. The summed E-state index contributed by atoms with van der Waals surface area (Å²) in [4.78, 5) is 17.7. The summed E-state index contributed by atoms with van der Waals surface area (Å²) in [5.41, 5.74) is 22.3. The second-order valence-electron chi connectivity index (χ2n) is 18.0. The van der Waals surface area contributed by atoms with Crippen molar-refractivity contribution in [1.82, 2.24) is 19.4 Å². The van der Waals surface area contributed by atoms with Crippen molar-refractivity contribution in [1.29, 1.82) is 0 Å². The molecule has 12 rings (SSSR count). The first-order valence-corrected chi connectivity index (χ1v) is 24.1. The Hall–Kier alpha value is -9.13. The van der Waals surface area contributed by atoms with Gasteiger partial charge in [-0.2, -0.15) is 0 Å². The molecular weight excluding hydrogens is 862 g/mol. The fraction of sp³-hybridized carbons (Fsp3) is 0.0308. The molecule has 5 nitrogen and oxygen atoms in total. The van der Waals surface area contributed by atoms with E-state index in [1.807, 2.05) is 42.5 Å². The van der Waals surface area contributed by atoms with Crippen molar-refractivity contribution >= 4 is 63.5 Å². The number of allylic oxidation sites excluding steroid dienone is 5. The van der Waals surface area contributed by atoms with Gasteiger partial charge in [0, 0.05) is 61.5 Å². The second-order valence-corrected chi connectivity index (χ2v) is 18.0. The average Bonchev–Trinajstić information content (AvgIpc) is 3.75. The highest BCUT2D eigenvalue weighted by Crippen LogP contribution is 2.49. The lowest BCUT2D eigenvalue weighted by Crippen LogP contribution is -2.57. The highest BCUT2D eigenvalue weighted by atomic mass is 15.2. The lowest BCUT2D eigenvalue weighted by Gasteiger charge is -2.42. The monoisotopic (exact) mass is 909 g/mol. The van der Waals surface area contributed by atoms with Crippen molar-refractivity contribution in [2.45, 2.75) is 13.8 Å². The zero-order valence-electron chi connectivity index (χ0n) is 39.7. The van der Waals surface area contributed by atoms with Gasteiger partial charge in [0.1, 0.15) is 0 Å². The SMILES string of the molecule is C=C/C=C(\C=C)c1nc(-c2ccccc2)nc(-c2cccc(-c3cc4c5c(c3C)-c3cccc6c(/C=C\C)c(C=C)n(c36)B5c3ccccc3N4c3cc(-c4ccccc4)cc(-c4ccccc4)c3)c2)n1. The third-order valence-corrected chi connectivity index (χ3v) is 14.0. The van der Waals surface area contributed by atoms with E-state index in [9.17, 15) is 0 Å². The molecule has 2 aliphatic rings. The molecule has 2 aliphatic heterocycles. The fourth-order valence-corrected chi connectivity index (χ4v) is 11.0. The van der Waals surface area contributed by atoms with Crippen molar-refractivity contribution in [3.8, 4) is 67.3 Å². The summed E-state index contributed by atoms with van der Waals surface area (Å²) in [5, 5.41) is 1.21. The van der Waals surface area contributed by atoms with Gasteiger partial charge in [0.25, 0.3) is 0 Å². The minimum absolute atomic E-state index is 0.135. The molecule has 0 radical (unpaired) electrons. The molecule has 2 aromatic heterocycles. The molecule has 0 saturated carbocycles. The van der Waals surface area contributed by atoms with Crippen LogP contribution in [0.3, 0.4) is 0 Å². The zero-order chi connectivity index (χ0) is 48.2. The number of para-hydroxylation sites is 2. The van der Waals surface area contributed by atoms with E-state index in [2.05, 4.69) is 207 Å². The summed E-state index contributed by atoms with van der Waals surface area (Å²) in [6.07, 6.45) is 11.8. The average molecular weight is 910 g/mol. The molecule has 0 N–H and O–H groups in total. The topological polar surface area (TPSA) is 46.8 Å². The molecule has 0 bridgehead atoms. The predicted octanol–water partition coefficient (Wildman–Crippen LogP) is 15.3. The number of nitrogens with zero attached hydrogens (tertiary/aromatic N) is 5. The summed E-state index contributed by atoms with van der Waals surface area (Å²) in [6, 6.07) is 65.4. The van der Waals surface area contributed by atoms with Crippen molar-refractivity contribution < 1.29 is 0 Å². The number of rotatable bonds is 11. The Kier molecular flexibility index (Phi) is 10.8. The number of hydrogen-bond acceptors (Lipinski definition) is 4. The number of fused-ring (bicyclic) bond motifs is 4. The lowest BCUT2D eigenvalue weighted by molar-refractivity contribution is 1.04. The van der Waals surface area contributed by atoms with Crippen LogP contribution in [0.1, 0.15) is 29.6 Å². The fourth-order valence-electron chi connectivity index (χ4n) is 11.0. The summed E-state index contributed by atoms with van der Waals surface area (Å²) < 4.78 is 2.56. The summed E-state index contributed by atoms with van der Waals surface area (Å²) in [7, 11) is 0. The Balaban J connectivity index is 1.16. The molecule has 336 valence electrons. The van der Waals surface area contributed by atoms with Gasteiger partial charge in [-0.1, -0.05) is 196 Å². The maximum Gasteiger partial charge on any atom is 0.333 e. The summed E-state index contributed by atoms with van der Waals surface area (Å²) in [5.74, 6) is 1.69. The molecule has 71 heavy (non-hydrogen) atoms. The summed E-state index contributed by atoms with van der Waals surface area (Å²) >= 11 is 0. The molecule has 10 aromatic rings. The van der Waals surface area contributed by atoms with Crippen LogP contribution < -0.4 is 15.8 Å². The van der Waals surface area contributed by atoms with Gasteiger partial charge in [0.15, 0.2) is 17.5 Å². The normalized spacial score (nSPS) is 12.5. The number of hydrogen-bond donors (Lipinski definition) is 0. The molecule has 0 saturated heterocycles. The van der Waals surface area contributed by atoms with E-state index in [0.29, 0.717) is 17.5 Å². The van der Waals surface area contributed by atoms with E-state index in [1.54, 1.807) is 12.2 Å². The number of benzene rings is 8. The Morgan fingerprint density at radius 3 is 1.83 bits per heavy atom. The van der Waals surface area contributed by atoms with Gasteiger partial charge in [-0.15, -0.1) is 0 Å². The molecule has 0 fully saturated rings. The third kappa shape index (κ3) is 7.14. The van der Waals surface area contributed by atoms with Crippen molar-refractivity contribution in [2.75, 3.05) is 4.90 Å². The Labute approximate surface area is 415 Å². The lowest BCUT2D eigenvalue weighted by atomic mass is 9.44. The van der Waals surface area contributed by atoms with Crippen LogP contribution in [-0.2, 0) is 0 Å². The first-order valence-electron chi connectivity index (χ1n) is 24.1. The number of anilines is 3. The molecule has 0 unspecified atom stereocenters. The molecule has 0 spiro atoms. The van der Waals surface area contributed by atoms with Gasteiger partial charge >= 0.3 is 6.85 Å². The Morgan fingerprint density at radius 1 is 0.563 bits per heavy atom. The van der Waals surface area contributed by atoms with Crippen molar-refractivity contribution in [2.24, 2.45) is 0 Å². The Bertz CT molecular complexity index is 3790. The van der Waals surface area contributed by atoms with Gasteiger partial charge < -0.3 is 9.38 Å². The van der Waals surface area contributed by atoms with Crippen LogP contribution in [0.15, 0.2) is 226 Å². The standard InChI is InChI=1S/C65H48BN5/c1-6-23-43(8-3)63-67-64(46-29-17-12-18-30-46)69-65(68-63)48-32-21-31-47(37-48)55-41-59-61-60(42(55)5)54-34-22-33-53-52(24-7-2)57(9-4)71(62(53)54)66(61)56-35-19-20-36-58(56)70(59)51-39-49(44-25-13-10-14-26-44)38-50(40-51)45-27-15-11-16-28-45/h6-41H,1,3-4H2,2,5H3/b24-7-,43-23+.